The number of hydrogen-bond donors (Lipinski definition) is 1. The minimum absolute atomic E-state index is 0.300. The summed E-state index contributed by atoms with van der Waals surface area (Å²) in [7, 11) is 0. The number of fused-ring (bicyclic) bond motifs is 2. The van der Waals surface area contributed by atoms with Gasteiger partial charge in [-0.25, -0.2) is 9.97 Å². The normalized spacial score (nSPS) is 16.4. The maximum absolute atomic E-state index is 4.90. The number of aromatic nitrogens is 2. The van der Waals surface area contributed by atoms with Crippen LogP contribution in [0.1, 0.15) is 30.0 Å². The topological polar surface area (TPSA) is 37.8 Å². The number of hydrogen-bond acceptors (Lipinski definition) is 4. The van der Waals surface area contributed by atoms with Crippen LogP contribution < -0.4 is 5.32 Å². The van der Waals surface area contributed by atoms with Crippen molar-refractivity contribution in [3.63, 3.8) is 0 Å². The predicted molar refractivity (Wildman–Crippen MR) is 109 cm³/mol. The number of para-hydroxylation sites is 1. The van der Waals surface area contributed by atoms with E-state index >= 15 is 0 Å². The fourth-order valence-corrected chi connectivity index (χ4v) is 4.43. The van der Waals surface area contributed by atoms with Gasteiger partial charge in [0.15, 0.2) is 5.82 Å². The Morgan fingerprint density at radius 1 is 0.923 bits per heavy atom. The highest BCUT2D eigenvalue weighted by atomic mass is 32.1. The van der Waals surface area contributed by atoms with E-state index in [1.807, 2.05) is 12.1 Å². The molecule has 0 radical (unpaired) electrons. The lowest BCUT2D eigenvalue weighted by molar-refractivity contribution is 0.599. The fraction of sp³-hybridized carbons (Fsp3) is 0.182. The number of nitrogens with one attached hydrogen (secondary N) is 1. The van der Waals surface area contributed by atoms with E-state index in [4.69, 9.17) is 9.97 Å². The van der Waals surface area contributed by atoms with Crippen LogP contribution in [0.5, 0.6) is 0 Å². The zero-order valence-corrected chi connectivity index (χ0v) is 15.2. The van der Waals surface area contributed by atoms with Crippen LogP contribution in [-0.4, -0.2) is 9.97 Å². The molecule has 0 saturated heterocycles. The fourth-order valence-electron chi connectivity index (χ4n) is 3.77. The van der Waals surface area contributed by atoms with Crippen molar-refractivity contribution in [1.82, 2.24) is 9.97 Å². The Morgan fingerprint density at radius 3 is 2.73 bits per heavy atom. The van der Waals surface area contributed by atoms with Gasteiger partial charge in [-0.2, -0.15) is 0 Å². The zero-order valence-electron chi connectivity index (χ0n) is 14.4. The van der Waals surface area contributed by atoms with Crippen LogP contribution in [0.15, 0.2) is 66.0 Å². The second-order valence-electron chi connectivity index (χ2n) is 6.68. The molecule has 2 aromatic heterocycles. The molecule has 0 saturated carbocycles. The van der Waals surface area contributed by atoms with Gasteiger partial charge in [0.1, 0.15) is 5.82 Å². The van der Waals surface area contributed by atoms with Crippen LogP contribution in [0.3, 0.4) is 0 Å². The summed E-state index contributed by atoms with van der Waals surface area (Å²) in [6.45, 7) is 0. The molecular weight excluding hydrogens is 338 g/mol. The molecule has 0 spiro atoms. The Balaban J connectivity index is 1.61. The quantitative estimate of drug-likeness (QED) is 0.500. The van der Waals surface area contributed by atoms with E-state index in [1.54, 1.807) is 11.3 Å². The molecule has 128 valence electrons. The molecule has 1 N–H and O–H groups in total. The minimum atomic E-state index is 0.300. The lowest BCUT2D eigenvalue weighted by Gasteiger charge is -2.27. The highest BCUT2D eigenvalue weighted by Crippen LogP contribution is 2.34. The van der Waals surface area contributed by atoms with Crippen molar-refractivity contribution in [2.75, 3.05) is 5.32 Å². The van der Waals surface area contributed by atoms with E-state index in [-0.39, 0.29) is 0 Å². The van der Waals surface area contributed by atoms with Crippen LogP contribution in [0.25, 0.3) is 21.6 Å². The molecule has 0 aliphatic heterocycles. The molecule has 2 aromatic carbocycles. The second kappa shape index (κ2) is 6.54. The third-order valence-electron chi connectivity index (χ3n) is 5.03. The van der Waals surface area contributed by atoms with Gasteiger partial charge in [-0.3, -0.25) is 0 Å². The van der Waals surface area contributed by atoms with Crippen LogP contribution in [-0.2, 0) is 6.42 Å². The van der Waals surface area contributed by atoms with E-state index in [0.717, 1.165) is 33.8 Å². The minimum Gasteiger partial charge on any atom is -0.363 e. The average Bonchev–Trinajstić information content (AvgIpc) is 3.23. The lowest BCUT2D eigenvalue weighted by Crippen LogP contribution is -2.18. The highest BCUT2D eigenvalue weighted by Gasteiger charge is 2.21. The third kappa shape index (κ3) is 2.76. The second-order valence-corrected chi connectivity index (χ2v) is 7.63. The summed E-state index contributed by atoms with van der Waals surface area (Å²) in [6.07, 6.45) is 3.50. The molecule has 1 atom stereocenters. The first kappa shape index (κ1) is 15.5. The Morgan fingerprint density at radius 2 is 1.81 bits per heavy atom. The molecule has 0 bridgehead atoms. The largest absolute Gasteiger partial charge is 0.363 e. The lowest BCUT2D eigenvalue weighted by atomic mass is 9.88. The average molecular weight is 357 g/mol. The summed E-state index contributed by atoms with van der Waals surface area (Å²) < 4.78 is 0. The van der Waals surface area contributed by atoms with Crippen molar-refractivity contribution in [3.05, 3.63) is 77.2 Å². The van der Waals surface area contributed by atoms with Crippen LogP contribution >= 0.6 is 11.3 Å². The van der Waals surface area contributed by atoms with E-state index in [0.29, 0.717) is 6.04 Å². The number of rotatable bonds is 3. The van der Waals surface area contributed by atoms with Gasteiger partial charge in [-0.1, -0.05) is 42.5 Å². The van der Waals surface area contributed by atoms with Gasteiger partial charge in [0.25, 0.3) is 0 Å². The summed E-state index contributed by atoms with van der Waals surface area (Å²) >= 11 is 1.68. The van der Waals surface area contributed by atoms with Crippen LogP contribution in [0.4, 0.5) is 5.82 Å². The van der Waals surface area contributed by atoms with Gasteiger partial charge in [-0.15, -0.1) is 11.3 Å². The number of benzene rings is 2. The van der Waals surface area contributed by atoms with Crippen LogP contribution in [0, 0.1) is 0 Å². The van der Waals surface area contributed by atoms with Crippen molar-refractivity contribution < 1.29 is 0 Å². The molecule has 4 heteroatoms. The van der Waals surface area contributed by atoms with Crippen molar-refractivity contribution in [2.24, 2.45) is 0 Å². The molecule has 0 amide bonds. The molecule has 1 aliphatic carbocycles. The summed E-state index contributed by atoms with van der Waals surface area (Å²) in [5.41, 5.74) is 3.84. The van der Waals surface area contributed by atoms with E-state index in [1.165, 1.54) is 24.0 Å². The van der Waals surface area contributed by atoms with E-state index in [2.05, 4.69) is 59.2 Å². The Kier molecular flexibility index (Phi) is 3.91. The Hall–Kier alpha value is -2.72. The van der Waals surface area contributed by atoms with E-state index < -0.39 is 0 Å². The first-order chi connectivity index (χ1) is 12.9. The summed E-state index contributed by atoms with van der Waals surface area (Å²) in [5.74, 6) is 1.73. The maximum atomic E-state index is 4.90. The zero-order chi connectivity index (χ0) is 17.3. The van der Waals surface area contributed by atoms with Crippen molar-refractivity contribution in [1.29, 1.82) is 0 Å². The van der Waals surface area contributed by atoms with E-state index in [9.17, 15) is 0 Å². The van der Waals surface area contributed by atoms with Gasteiger partial charge in [-0.05, 0) is 54.0 Å². The van der Waals surface area contributed by atoms with Gasteiger partial charge >= 0.3 is 0 Å². The maximum Gasteiger partial charge on any atom is 0.172 e. The highest BCUT2D eigenvalue weighted by molar-refractivity contribution is 7.13. The third-order valence-corrected chi connectivity index (χ3v) is 5.89. The summed E-state index contributed by atoms with van der Waals surface area (Å²) in [4.78, 5) is 10.8. The molecule has 26 heavy (non-hydrogen) atoms. The van der Waals surface area contributed by atoms with Gasteiger partial charge < -0.3 is 5.32 Å². The molecule has 4 aromatic rings. The smallest absolute Gasteiger partial charge is 0.172 e. The number of anilines is 1. The summed E-state index contributed by atoms with van der Waals surface area (Å²) in [6, 6.07) is 21.4. The Bertz CT molecular complexity index is 1060. The molecule has 3 nitrogen and oxygen atoms in total. The Labute approximate surface area is 156 Å². The van der Waals surface area contributed by atoms with Crippen molar-refractivity contribution in [3.8, 4) is 10.7 Å². The molecule has 5 rings (SSSR count). The van der Waals surface area contributed by atoms with Crippen molar-refractivity contribution >= 4 is 28.1 Å². The van der Waals surface area contributed by atoms with Gasteiger partial charge in [0, 0.05) is 5.39 Å². The number of aryl methyl sites for hydroxylation is 1. The molecule has 0 unspecified atom stereocenters. The predicted octanol–water partition coefficient (Wildman–Crippen LogP) is 5.85. The molecule has 2 heterocycles. The number of nitrogens with zero attached hydrogens (tertiary/aromatic N) is 2. The molecule has 0 fully saturated rings. The van der Waals surface area contributed by atoms with Crippen molar-refractivity contribution in [2.45, 2.75) is 25.3 Å². The van der Waals surface area contributed by atoms with Gasteiger partial charge in [0.2, 0.25) is 0 Å². The number of thiophene rings is 1. The summed E-state index contributed by atoms with van der Waals surface area (Å²) in [5, 5.41) is 6.88. The SMILES string of the molecule is c1csc(-c2nc(N[C@H]3CCCc4ccccc43)c3ccccc3n2)c1. The molecular formula is C22H19N3S. The standard InChI is InChI=1S/C22H19N3S/c1-2-9-16-15(7-1)8-5-12-18(16)23-21-17-10-3-4-11-19(17)24-22(25-21)20-13-6-14-26-20/h1-4,6-7,9-11,13-14,18H,5,8,12H2,(H,23,24,25)/t18-/m0/s1. The van der Waals surface area contributed by atoms with Gasteiger partial charge in [0.05, 0.1) is 16.4 Å². The molecule has 1 aliphatic rings. The monoisotopic (exact) mass is 357 g/mol. The first-order valence-corrected chi connectivity index (χ1v) is 9.91. The van der Waals surface area contributed by atoms with Crippen LogP contribution in [0.2, 0.25) is 0 Å². The first-order valence-electron chi connectivity index (χ1n) is 9.03.